The third-order valence-electron chi connectivity index (χ3n) is 4.49. The molecule has 1 aliphatic rings. The van der Waals surface area contributed by atoms with E-state index in [2.05, 4.69) is 5.32 Å². The average Bonchev–Trinajstić information content (AvgIpc) is 2.73. The van der Waals surface area contributed by atoms with Crippen LogP contribution in [0.4, 0.5) is 5.69 Å². The molecule has 0 aliphatic carbocycles. The Morgan fingerprint density at radius 1 is 1.24 bits per heavy atom. The largest absolute Gasteiger partial charge is 0.476 e. The number of thioether (sulfide) groups is 1. The van der Waals surface area contributed by atoms with Crippen molar-refractivity contribution in [2.45, 2.75) is 18.8 Å². The van der Waals surface area contributed by atoms with Gasteiger partial charge in [-0.1, -0.05) is 41.9 Å². The molecule has 2 aromatic carbocycles. The van der Waals surface area contributed by atoms with Crippen molar-refractivity contribution < 1.29 is 17.9 Å². The van der Waals surface area contributed by atoms with E-state index in [1.54, 1.807) is 43.0 Å². The highest BCUT2D eigenvalue weighted by Gasteiger charge is 2.35. The minimum Gasteiger partial charge on any atom is -0.476 e. The van der Waals surface area contributed by atoms with Gasteiger partial charge in [0, 0.05) is 23.1 Å². The fourth-order valence-corrected chi connectivity index (χ4v) is 5.18. The molecule has 0 bridgehead atoms. The Morgan fingerprint density at radius 3 is 2.72 bits per heavy atom. The number of carbonyl (C=O) groups excluding carboxylic acids is 1. The van der Waals surface area contributed by atoms with Crippen molar-refractivity contribution in [3.63, 3.8) is 0 Å². The standard InChI is InChI=1S/C20H23ClN2O4S2/c1-2-29(25,26)23-13-19(27-18-10-6-5-9-17(18)23)20(24)22-11-12-28-14-15-7-3-4-8-16(15)21/h3-10,19H,2,11-14H2,1H3,(H,22,24)/t19-/m1/s1. The summed E-state index contributed by atoms with van der Waals surface area (Å²) in [4.78, 5) is 12.6. The van der Waals surface area contributed by atoms with E-state index in [1.165, 1.54) is 4.31 Å². The maximum absolute atomic E-state index is 12.6. The molecule has 156 valence electrons. The van der Waals surface area contributed by atoms with E-state index in [1.807, 2.05) is 24.3 Å². The van der Waals surface area contributed by atoms with Crippen LogP contribution in [0.1, 0.15) is 12.5 Å². The molecule has 2 aromatic rings. The summed E-state index contributed by atoms with van der Waals surface area (Å²) >= 11 is 7.80. The van der Waals surface area contributed by atoms with Crippen molar-refractivity contribution in [2.75, 3.05) is 28.9 Å². The van der Waals surface area contributed by atoms with Crippen LogP contribution in [0.25, 0.3) is 0 Å². The summed E-state index contributed by atoms with van der Waals surface area (Å²) in [6.07, 6.45) is -0.889. The van der Waals surface area contributed by atoms with Gasteiger partial charge in [0.2, 0.25) is 10.0 Å². The molecule has 3 rings (SSSR count). The first-order valence-corrected chi connectivity index (χ1v) is 12.4. The Labute approximate surface area is 180 Å². The molecule has 0 radical (unpaired) electrons. The van der Waals surface area contributed by atoms with Gasteiger partial charge in [0.05, 0.1) is 18.0 Å². The number of ether oxygens (including phenoxy) is 1. The number of benzene rings is 2. The summed E-state index contributed by atoms with van der Waals surface area (Å²) < 4.78 is 32.0. The van der Waals surface area contributed by atoms with Gasteiger partial charge in [-0.25, -0.2) is 8.42 Å². The van der Waals surface area contributed by atoms with Crippen LogP contribution in [0.2, 0.25) is 5.02 Å². The van der Waals surface area contributed by atoms with Crippen molar-refractivity contribution in [1.29, 1.82) is 0 Å². The van der Waals surface area contributed by atoms with E-state index >= 15 is 0 Å². The van der Waals surface area contributed by atoms with Gasteiger partial charge in [-0.15, -0.1) is 0 Å². The van der Waals surface area contributed by atoms with Crippen LogP contribution >= 0.6 is 23.4 Å². The molecule has 0 saturated heterocycles. The van der Waals surface area contributed by atoms with Crippen LogP contribution in [0, 0.1) is 0 Å². The van der Waals surface area contributed by atoms with Gasteiger partial charge < -0.3 is 10.1 Å². The minimum atomic E-state index is -3.51. The molecule has 0 fully saturated rings. The number of sulfonamides is 1. The summed E-state index contributed by atoms with van der Waals surface area (Å²) in [5, 5.41) is 3.57. The molecular formula is C20H23ClN2O4S2. The fraction of sp³-hybridized carbons (Fsp3) is 0.350. The molecule has 0 spiro atoms. The zero-order chi connectivity index (χ0) is 20.9. The first-order valence-electron chi connectivity index (χ1n) is 9.27. The monoisotopic (exact) mass is 454 g/mol. The third kappa shape index (κ3) is 5.38. The zero-order valence-corrected chi connectivity index (χ0v) is 18.4. The molecule has 1 atom stereocenters. The van der Waals surface area contributed by atoms with Gasteiger partial charge in [0.1, 0.15) is 5.75 Å². The number of rotatable bonds is 8. The Kier molecular flexibility index (Phi) is 7.32. The lowest BCUT2D eigenvalue weighted by Crippen LogP contribution is -2.51. The maximum atomic E-state index is 12.6. The lowest BCUT2D eigenvalue weighted by atomic mass is 10.2. The van der Waals surface area contributed by atoms with Gasteiger partial charge in [0.25, 0.3) is 5.91 Å². The maximum Gasteiger partial charge on any atom is 0.263 e. The summed E-state index contributed by atoms with van der Waals surface area (Å²) in [7, 11) is -3.51. The third-order valence-corrected chi connectivity index (χ3v) is 7.61. The summed E-state index contributed by atoms with van der Waals surface area (Å²) in [5.74, 6) is 1.48. The van der Waals surface area contributed by atoms with Crippen molar-refractivity contribution in [1.82, 2.24) is 5.32 Å². The molecule has 1 aliphatic heterocycles. The molecule has 0 unspecified atom stereocenters. The number of amides is 1. The second-order valence-electron chi connectivity index (χ2n) is 6.44. The highest BCUT2D eigenvalue weighted by molar-refractivity contribution is 7.98. The van der Waals surface area contributed by atoms with Crippen molar-refractivity contribution in [3.8, 4) is 5.75 Å². The van der Waals surface area contributed by atoms with Gasteiger partial charge >= 0.3 is 0 Å². The van der Waals surface area contributed by atoms with E-state index in [0.29, 0.717) is 23.7 Å². The number of carbonyl (C=O) groups is 1. The quantitative estimate of drug-likeness (QED) is 0.619. The molecule has 29 heavy (non-hydrogen) atoms. The Bertz CT molecular complexity index is 968. The number of nitrogens with one attached hydrogen (secondary N) is 1. The van der Waals surface area contributed by atoms with Gasteiger partial charge in [-0.2, -0.15) is 11.8 Å². The van der Waals surface area contributed by atoms with Gasteiger partial charge in [0.15, 0.2) is 6.10 Å². The first-order chi connectivity index (χ1) is 13.9. The number of hydrogen-bond donors (Lipinski definition) is 1. The summed E-state index contributed by atoms with van der Waals surface area (Å²) in [6.45, 7) is 2.00. The number of fused-ring (bicyclic) bond motifs is 1. The zero-order valence-electron chi connectivity index (χ0n) is 16.0. The SMILES string of the molecule is CCS(=O)(=O)N1C[C@H](C(=O)NCCSCc2ccccc2Cl)Oc2ccccc21. The van der Waals surface area contributed by atoms with E-state index in [9.17, 15) is 13.2 Å². The van der Waals surface area contributed by atoms with Gasteiger partial charge in [-0.3, -0.25) is 9.10 Å². The van der Waals surface area contributed by atoms with E-state index in [-0.39, 0.29) is 18.2 Å². The molecule has 9 heteroatoms. The van der Waals surface area contributed by atoms with Crippen LogP contribution in [0.15, 0.2) is 48.5 Å². The minimum absolute atomic E-state index is 0.0359. The molecule has 0 saturated carbocycles. The van der Waals surface area contributed by atoms with Crippen molar-refractivity contribution in [2.24, 2.45) is 0 Å². The molecule has 1 heterocycles. The summed E-state index contributed by atoms with van der Waals surface area (Å²) in [5.41, 5.74) is 1.52. The summed E-state index contributed by atoms with van der Waals surface area (Å²) in [6, 6.07) is 14.5. The number of hydrogen-bond acceptors (Lipinski definition) is 5. The predicted molar refractivity (Wildman–Crippen MR) is 118 cm³/mol. The number of halogens is 1. The number of para-hydroxylation sites is 2. The smallest absolute Gasteiger partial charge is 0.263 e. The molecule has 1 amide bonds. The second kappa shape index (κ2) is 9.73. The van der Waals surface area contributed by atoms with Gasteiger partial charge in [-0.05, 0) is 30.7 Å². The average molecular weight is 455 g/mol. The van der Waals surface area contributed by atoms with Crippen LogP contribution < -0.4 is 14.4 Å². The van der Waals surface area contributed by atoms with E-state index in [4.69, 9.17) is 16.3 Å². The van der Waals surface area contributed by atoms with E-state index in [0.717, 1.165) is 16.3 Å². The number of anilines is 1. The highest BCUT2D eigenvalue weighted by atomic mass is 35.5. The normalized spacial score (nSPS) is 16.1. The Morgan fingerprint density at radius 2 is 1.97 bits per heavy atom. The second-order valence-corrected chi connectivity index (χ2v) is 10.1. The van der Waals surface area contributed by atoms with Crippen LogP contribution in [0.5, 0.6) is 5.75 Å². The molecule has 0 aromatic heterocycles. The van der Waals surface area contributed by atoms with Crippen molar-refractivity contribution in [3.05, 3.63) is 59.1 Å². The Hall–Kier alpha value is -1.90. The van der Waals surface area contributed by atoms with Crippen molar-refractivity contribution >= 4 is 45.0 Å². The molecular weight excluding hydrogens is 432 g/mol. The predicted octanol–water partition coefficient (Wildman–Crippen LogP) is 3.31. The lowest BCUT2D eigenvalue weighted by molar-refractivity contribution is -0.127. The number of nitrogens with zero attached hydrogens (tertiary/aromatic N) is 1. The highest BCUT2D eigenvalue weighted by Crippen LogP contribution is 2.35. The van der Waals surface area contributed by atoms with E-state index < -0.39 is 16.1 Å². The van der Waals surface area contributed by atoms with Crippen LogP contribution in [0.3, 0.4) is 0 Å². The first kappa shape index (κ1) is 21.8. The van der Waals surface area contributed by atoms with Crippen LogP contribution in [-0.2, 0) is 20.6 Å². The molecule has 1 N–H and O–H groups in total. The molecule has 6 nitrogen and oxygen atoms in total. The lowest BCUT2D eigenvalue weighted by Gasteiger charge is -2.34. The topological polar surface area (TPSA) is 75.7 Å². The fourth-order valence-electron chi connectivity index (χ4n) is 2.92. The Balaban J connectivity index is 1.55. The van der Waals surface area contributed by atoms with Crippen LogP contribution in [-0.4, -0.2) is 45.0 Å².